The van der Waals surface area contributed by atoms with Gasteiger partial charge in [0.25, 0.3) is 17.4 Å². The van der Waals surface area contributed by atoms with Crippen molar-refractivity contribution in [1.82, 2.24) is 15.5 Å². The van der Waals surface area contributed by atoms with Gasteiger partial charge in [0.2, 0.25) is 6.79 Å². The van der Waals surface area contributed by atoms with Crippen LogP contribution in [0.15, 0.2) is 71.5 Å². The number of carbonyl (C=O) groups is 2. The van der Waals surface area contributed by atoms with E-state index in [0.29, 0.717) is 33.5 Å². The molecule has 1 aliphatic rings. The maximum absolute atomic E-state index is 12.9. The van der Waals surface area contributed by atoms with E-state index >= 15 is 0 Å². The summed E-state index contributed by atoms with van der Waals surface area (Å²) in [6.45, 7) is 0.446. The summed E-state index contributed by atoms with van der Waals surface area (Å²) in [7, 11) is 0. The van der Waals surface area contributed by atoms with Crippen LogP contribution in [0.2, 0.25) is 0 Å². The molecule has 0 aliphatic carbocycles. The summed E-state index contributed by atoms with van der Waals surface area (Å²) in [6.07, 6.45) is 0. The van der Waals surface area contributed by atoms with E-state index < -0.39 is 5.91 Å². The maximum Gasteiger partial charge on any atom is 0.276 e. The number of nitrogens with zero attached hydrogens (tertiary/aromatic N) is 1. The highest BCUT2D eigenvalue weighted by atomic mass is 16.7. The van der Waals surface area contributed by atoms with Crippen LogP contribution in [0.4, 0.5) is 5.69 Å². The van der Waals surface area contributed by atoms with Crippen LogP contribution < -0.4 is 25.7 Å². The lowest BCUT2D eigenvalue weighted by Crippen LogP contribution is -2.25. The molecule has 0 unspecified atom stereocenters. The Balaban J connectivity index is 1.35. The molecule has 0 saturated heterocycles. The molecule has 0 bridgehead atoms. The zero-order valence-corrected chi connectivity index (χ0v) is 17.3. The molecule has 3 aromatic carbocycles. The number of ether oxygens (including phenoxy) is 2. The lowest BCUT2D eigenvalue weighted by molar-refractivity contribution is 0.0951. The predicted octanol–water partition coefficient (Wildman–Crippen LogP) is 2.83. The Morgan fingerprint density at radius 2 is 1.67 bits per heavy atom. The van der Waals surface area contributed by atoms with E-state index in [0.717, 1.165) is 5.56 Å². The number of rotatable bonds is 5. The zero-order valence-electron chi connectivity index (χ0n) is 17.3. The number of H-pyrrole nitrogens is 1. The number of hydrogen-bond donors (Lipinski definition) is 3. The van der Waals surface area contributed by atoms with Gasteiger partial charge >= 0.3 is 0 Å². The highest BCUT2D eigenvalue weighted by molar-refractivity contribution is 6.13. The molecular formula is C24H18N4O5. The second kappa shape index (κ2) is 8.46. The minimum absolute atomic E-state index is 0.0563. The number of amides is 2. The quantitative estimate of drug-likeness (QED) is 0.437. The molecular weight excluding hydrogens is 424 g/mol. The fraction of sp³-hybridized carbons (Fsp3) is 0.0833. The molecule has 0 radical (unpaired) electrons. The van der Waals surface area contributed by atoms with Crippen LogP contribution in [-0.2, 0) is 6.54 Å². The Bertz CT molecular complexity index is 1450. The van der Waals surface area contributed by atoms with Crippen molar-refractivity contribution < 1.29 is 19.1 Å². The summed E-state index contributed by atoms with van der Waals surface area (Å²) in [4.78, 5) is 37.8. The van der Waals surface area contributed by atoms with Crippen molar-refractivity contribution in [2.45, 2.75) is 6.54 Å². The average Bonchev–Trinajstić information content (AvgIpc) is 3.31. The lowest BCUT2D eigenvalue weighted by atomic mass is 10.1. The zero-order chi connectivity index (χ0) is 22.8. The predicted molar refractivity (Wildman–Crippen MR) is 120 cm³/mol. The van der Waals surface area contributed by atoms with Gasteiger partial charge in [-0.25, -0.2) is 5.10 Å². The minimum Gasteiger partial charge on any atom is -0.454 e. The third-order valence-electron chi connectivity index (χ3n) is 5.22. The monoisotopic (exact) mass is 442 g/mol. The fourth-order valence-electron chi connectivity index (χ4n) is 3.59. The number of fused-ring (bicyclic) bond motifs is 2. The van der Waals surface area contributed by atoms with E-state index in [1.54, 1.807) is 54.6 Å². The van der Waals surface area contributed by atoms with E-state index in [4.69, 9.17) is 9.47 Å². The molecule has 5 rings (SSSR count). The molecule has 4 aromatic rings. The van der Waals surface area contributed by atoms with E-state index in [-0.39, 0.29) is 30.5 Å². The number of para-hydroxylation sites is 1. The molecule has 1 aliphatic heterocycles. The summed E-state index contributed by atoms with van der Waals surface area (Å²) in [5, 5.41) is 12.6. The first-order valence-electron chi connectivity index (χ1n) is 10.1. The van der Waals surface area contributed by atoms with E-state index in [2.05, 4.69) is 20.8 Å². The normalized spacial score (nSPS) is 11.9. The van der Waals surface area contributed by atoms with Crippen molar-refractivity contribution in [3.63, 3.8) is 0 Å². The average molecular weight is 442 g/mol. The summed E-state index contributed by atoms with van der Waals surface area (Å²) >= 11 is 0. The first kappa shape index (κ1) is 20.3. The standard InChI is InChI=1S/C24H18N4O5/c29-22(25-12-14-9-10-19-20(11-14)33-13-32-19)17-7-3-4-8-18(17)26-24(31)21-15-5-1-2-6-16(15)23(30)28-27-21/h1-11H,12-13H2,(H,25,29)(H,26,31)(H,28,30). The molecule has 2 amide bonds. The summed E-state index contributed by atoms with van der Waals surface area (Å²) in [5.41, 5.74) is 1.13. The highest BCUT2D eigenvalue weighted by Gasteiger charge is 2.18. The first-order valence-corrected chi connectivity index (χ1v) is 10.1. The van der Waals surface area contributed by atoms with Gasteiger partial charge in [-0.15, -0.1) is 0 Å². The summed E-state index contributed by atoms with van der Waals surface area (Å²) < 4.78 is 10.7. The molecule has 2 heterocycles. The van der Waals surface area contributed by atoms with Gasteiger partial charge in [-0.1, -0.05) is 36.4 Å². The van der Waals surface area contributed by atoms with Crippen LogP contribution in [0, 0.1) is 0 Å². The highest BCUT2D eigenvalue weighted by Crippen LogP contribution is 2.32. The molecule has 0 saturated carbocycles. The molecule has 9 heteroatoms. The van der Waals surface area contributed by atoms with Crippen molar-refractivity contribution in [2.75, 3.05) is 12.1 Å². The third-order valence-corrected chi connectivity index (χ3v) is 5.22. The van der Waals surface area contributed by atoms with Crippen LogP contribution in [0.3, 0.4) is 0 Å². The van der Waals surface area contributed by atoms with Crippen LogP contribution in [0.25, 0.3) is 10.8 Å². The van der Waals surface area contributed by atoms with Crippen LogP contribution in [-0.4, -0.2) is 28.8 Å². The first-order chi connectivity index (χ1) is 16.1. The van der Waals surface area contributed by atoms with Crippen molar-refractivity contribution in [2.24, 2.45) is 0 Å². The number of nitrogens with one attached hydrogen (secondary N) is 3. The fourth-order valence-corrected chi connectivity index (χ4v) is 3.59. The smallest absolute Gasteiger partial charge is 0.276 e. The summed E-state index contributed by atoms with van der Waals surface area (Å²) in [5.74, 6) is 0.401. The lowest BCUT2D eigenvalue weighted by Gasteiger charge is -2.12. The van der Waals surface area contributed by atoms with Crippen LogP contribution >= 0.6 is 0 Å². The largest absolute Gasteiger partial charge is 0.454 e. The van der Waals surface area contributed by atoms with E-state index in [1.165, 1.54) is 0 Å². The molecule has 164 valence electrons. The number of aromatic nitrogens is 2. The van der Waals surface area contributed by atoms with Gasteiger partial charge in [-0.05, 0) is 35.9 Å². The van der Waals surface area contributed by atoms with E-state index in [1.807, 2.05) is 12.1 Å². The topological polar surface area (TPSA) is 122 Å². The van der Waals surface area contributed by atoms with Gasteiger partial charge in [0.05, 0.1) is 16.6 Å². The van der Waals surface area contributed by atoms with Crippen molar-refractivity contribution in [3.8, 4) is 11.5 Å². The van der Waals surface area contributed by atoms with Gasteiger partial charge in [0, 0.05) is 11.9 Å². The molecule has 33 heavy (non-hydrogen) atoms. The number of hydrogen-bond acceptors (Lipinski definition) is 6. The van der Waals surface area contributed by atoms with Crippen LogP contribution in [0.1, 0.15) is 26.4 Å². The van der Waals surface area contributed by atoms with Crippen molar-refractivity contribution in [3.05, 3.63) is 93.9 Å². The SMILES string of the molecule is O=C(NCc1ccc2c(c1)OCO2)c1ccccc1NC(=O)c1n[nH]c(=O)c2ccccc12. The second-order valence-corrected chi connectivity index (χ2v) is 7.32. The van der Waals surface area contributed by atoms with Gasteiger partial charge in [-0.3, -0.25) is 14.4 Å². The van der Waals surface area contributed by atoms with Gasteiger partial charge < -0.3 is 20.1 Å². The molecule has 3 N–H and O–H groups in total. The Morgan fingerprint density at radius 3 is 2.55 bits per heavy atom. The number of aromatic amines is 1. The van der Waals surface area contributed by atoms with Gasteiger partial charge in [-0.2, -0.15) is 5.10 Å². The third kappa shape index (κ3) is 3.99. The minimum atomic E-state index is -0.543. The number of benzene rings is 3. The van der Waals surface area contributed by atoms with E-state index in [9.17, 15) is 14.4 Å². The molecule has 0 spiro atoms. The van der Waals surface area contributed by atoms with Gasteiger partial charge in [0.15, 0.2) is 17.2 Å². The Labute approximate surface area is 187 Å². The molecule has 0 fully saturated rings. The van der Waals surface area contributed by atoms with Gasteiger partial charge in [0.1, 0.15) is 0 Å². The molecule has 1 aromatic heterocycles. The van der Waals surface area contributed by atoms with Crippen molar-refractivity contribution in [1.29, 1.82) is 0 Å². The van der Waals surface area contributed by atoms with Crippen LogP contribution in [0.5, 0.6) is 11.5 Å². The number of anilines is 1. The second-order valence-electron chi connectivity index (χ2n) is 7.32. The Morgan fingerprint density at radius 1 is 0.909 bits per heavy atom. The maximum atomic E-state index is 12.9. The van der Waals surface area contributed by atoms with Crippen molar-refractivity contribution >= 4 is 28.3 Å². The molecule has 0 atom stereocenters. The molecule has 9 nitrogen and oxygen atoms in total. The summed E-state index contributed by atoms with van der Waals surface area (Å²) in [6, 6.07) is 18.8. The Hall–Kier alpha value is -4.66. The Kier molecular flexibility index (Phi) is 5.19. The number of carbonyl (C=O) groups excluding carboxylic acids is 2.